The van der Waals surface area contributed by atoms with Crippen LogP contribution in [0.25, 0.3) is 0 Å². The monoisotopic (exact) mass is 348 g/mol. The Bertz CT molecular complexity index is 863. The molecule has 0 fully saturated rings. The molecule has 0 spiro atoms. The highest BCUT2D eigenvalue weighted by Crippen LogP contribution is 2.21. The molecule has 0 saturated heterocycles. The van der Waals surface area contributed by atoms with Gasteiger partial charge in [0.25, 0.3) is 15.9 Å². The zero-order chi connectivity index (χ0) is 17.9. The average Bonchev–Trinajstić information content (AvgIpc) is 2.55. The first-order valence-corrected chi connectivity index (χ1v) is 8.75. The molecule has 0 unspecified atom stereocenters. The number of nitrogens with one attached hydrogen (secondary N) is 1. The fraction of sp³-hybridized carbons (Fsp3) is 0.235. The van der Waals surface area contributed by atoms with Crippen LogP contribution in [0.5, 0.6) is 0 Å². The normalized spacial score (nSPS) is 11.2. The molecule has 2 rings (SSSR count). The quantitative estimate of drug-likeness (QED) is 0.843. The van der Waals surface area contributed by atoms with Gasteiger partial charge >= 0.3 is 0 Å². The first-order chi connectivity index (χ1) is 11.2. The molecule has 2 aromatic carbocycles. The Morgan fingerprint density at radius 1 is 1.12 bits per heavy atom. The fourth-order valence-electron chi connectivity index (χ4n) is 2.19. The van der Waals surface area contributed by atoms with Gasteiger partial charge in [0, 0.05) is 18.3 Å². The number of benzene rings is 2. The van der Waals surface area contributed by atoms with E-state index in [1.54, 1.807) is 37.3 Å². The number of aryl methyl sites for hydroxylation is 2. The summed E-state index contributed by atoms with van der Waals surface area (Å²) in [5.41, 5.74) is 2.14. The zero-order valence-electron chi connectivity index (χ0n) is 14.0. The second-order valence-electron chi connectivity index (χ2n) is 5.44. The Kier molecular flexibility index (Phi) is 5.26. The number of rotatable bonds is 5. The van der Waals surface area contributed by atoms with Crippen molar-refractivity contribution in [3.05, 3.63) is 59.2 Å². The molecule has 0 atom stereocenters. The molecule has 0 heterocycles. The Morgan fingerprint density at radius 3 is 2.50 bits per heavy atom. The average molecular weight is 348 g/mol. The third kappa shape index (κ3) is 3.93. The van der Waals surface area contributed by atoms with Crippen LogP contribution in [0, 0.1) is 13.8 Å². The van der Waals surface area contributed by atoms with Crippen molar-refractivity contribution in [3.63, 3.8) is 0 Å². The summed E-state index contributed by atoms with van der Waals surface area (Å²) in [7, 11) is -0.880. The summed E-state index contributed by atoms with van der Waals surface area (Å²) in [6.07, 6.45) is 0. The maximum Gasteiger partial charge on any atom is 0.277 e. The molecular weight excluding hydrogens is 328 g/mol. The standard InChI is InChI=1S/C17H20N2O4S/c1-12-8-9-13(2)16(10-12)24(21,22)18-15-7-5-6-14(11-15)17(20)19(3)23-4/h5-11,18H,1-4H3. The van der Waals surface area contributed by atoms with Crippen LogP contribution in [0.2, 0.25) is 0 Å². The minimum atomic E-state index is -3.74. The predicted octanol–water partition coefficient (Wildman–Crippen LogP) is 2.74. The molecular formula is C17H20N2O4S. The van der Waals surface area contributed by atoms with E-state index in [0.717, 1.165) is 10.6 Å². The SMILES string of the molecule is CON(C)C(=O)c1cccc(NS(=O)(=O)c2cc(C)ccc2C)c1. The lowest BCUT2D eigenvalue weighted by molar-refractivity contribution is -0.0756. The highest BCUT2D eigenvalue weighted by atomic mass is 32.2. The van der Waals surface area contributed by atoms with Gasteiger partial charge in [-0.1, -0.05) is 18.2 Å². The van der Waals surface area contributed by atoms with Crippen LogP contribution in [0.4, 0.5) is 5.69 Å². The molecule has 1 amide bonds. The summed E-state index contributed by atoms with van der Waals surface area (Å²) in [6, 6.07) is 11.5. The number of carbonyl (C=O) groups excluding carboxylic acids is 1. The van der Waals surface area contributed by atoms with E-state index in [9.17, 15) is 13.2 Å². The number of carbonyl (C=O) groups is 1. The Morgan fingerprint density at radius 2 is 1.83 bits per heavy atom. The highest BCUT2D eigenvalue weighted by molar-refractivity contribution is 7.92. The molecule has 0 aliphatic rings. The van der Waals surface area contributed by atoms with Gasteiger partial charge in [0.15, 0.2) is 0 Å². The van der Waals surface area contributed by atoms with E-state index in [1.165, 1.54) is 20.2 Å². The smallest absolute Gasteiger partial charge is 0.277 e. The van der Waals surface area contributed by atoms with E-state index in [1.807, 2.05) is 13.0 Å². The zero-order valence-corrected chi connectivity index (χ0v) is 14.8. The Labute approximate surface area is 142 Å². The predicted molar refractivity (Wildman–Crippen MR) is 92.3 cm³/mol. The summed E-state index contributed by atoms with van der Waals surface area (Å²) in [5, 5.41) is 1.07. The van der Waals surface area contributed by atoms with Crippen LogP contribution in [0.3, 0.4) is 0 Å². The molecule has 1 N–H and O–H groups in total. The molecule has 0 saturated carbocycles. The molecule has 0 aromatic heterocycles. The number of hydrogen-bond donors (Lipinski definition) is 1. The van der Waals surface area contributed by atoms with E-state index in [2.05, 4.69) is 4.72 Å². The maximum absolute atomic E-state index is 12.6. The van der Waals surface area contributed by atoms with Crippen molar-refractivity contribution in [2.75, 3.05) is 18.9 Å². The lowest BCUT2D eigenvalue weighted by Crippen LogP contribution is -2.25. The van der Waals surface area contributed by atoms with E-state index >= 15 is 0 Å². The number of sulfonamides is 1. The molecule has 0 aliphatic carbocycles. The lowest BCUT2D eigenvalue weighted by Gasteiger charge is -2.15. The number of hydroxylamine groups is 2. The minimum Gasteiger partial charge on any atom is -0.280 e. The third-order valence-electron chi connectivity index (χ3n) is 3.55. The van der Waals surface area contributed by atoms with Crippen LogP contribution < -0.4 is 4.72 Å². The molecule has 2 aromatic rings. The van der Waals surface area contributed by atoms with Gasteiger partial charge < -0.3 is 0 Å². The van der Waals surface area contributed by atoms with Gasteiger partial charge in [0.1, 0.15) is 0 Å². The molecule has 0 radical (unpaired) electrons. The van der Waals surface area contributed by atoms with Crippen LogP contribution in [0.1, 0.15) is 21.5 Å². The summed E-state index contributed by atoms with van der Waals surface area (Å²) in [4.78, 5) is 17.2. The van der Waals surface area contributed by atoms with Gasteiger partial charge in [-0.3, -0.25) is 14.4 Å². The highest BCUT2D eigenvalue weighted by Gasteiger charge is 2.18. The van der Waals surface area contributed by atoms with Gasteiger partial charge in [0.05, 0.1) is 12.0 Å². The van der Waals surface area contributed by atoms with Gasteiger partial charge in [-0.2, -0.15) is 0 Å². The van der Waals surface area contributed by atoms with E-state index in [4.69, 9.17) is 4.84 Å². The molecule has 24 heavy (non-hydrogen) atoms. The van der Waals surface area contributed by atoms with Crippen LogP contribution in [-0.2, 0) is 14.9 Å². The van der Waals surface area contributed by atoms with Crippen molar-refractivity contribution in [3.8, 4) is 0 Å². The van der Waals surface area contributed by atoms with Crippen LogP contribution in [0.15, 0.2) is 47.4 Å². The third-order valence-corrected chi connectivity index (χ3v) is 5.08. The minimum absolute atomic E-state index is 0.216. The topological polar surface area (TPSA) is 75.7 Å². The molecule has 0 aliphatic heterocycles. The first kappa shape index (κ1) is 18.0. The largest absolute Gasteiger partial charge is 0.280 e. The lowest BCUT2D eigenvalue weighted by atomic mass is 10.2. The van der Waals surface area contributed by atoms with E-state index in [0.29, 0.717) is 16.8 Å². The van der Waals surface area contributed by atoms with Crippen molar-refractivity contribution in [1.29, 1.82) is 0 Å². The van der Waals surface area contributed by atoms with Crippen LogP contribution in [-0.4, -0.2) is 33.5 Å². The van der Waals surface area contributed by atoms with Gasteiger partial charge in [-0.05, 0) is 49.2 Å². The number of nitrogens with zero attached hydrogens (tertiary/aromatic N) is 1. The first-order valence-electron chi connectivity index (χ1n) is 7.27. The number of anilines is 1. The molecule has 128 valence electrons. The summed E-state index contributed by atoms with van der Waals surface area (Å²) >= 11 is 0. The second kappa shape index (κ2) is 7.02. The Balaban J connectivity index is 2.34. The molecule has 0 bridgehead atoms. The van der Waals surface area contributed by atoms with E-state index < -0.39 is 10.0 Å². The van der Waals surface area contributed by atoms with E-state index in [-0.39, 0.29) is 10.8 Å². The van der Waals surface area contributed by atoms with Gasteiger partial charge in [-0.25, -0.2) is 13.5 Å². The van der Waals surface area contributed by atoms with Crippen molar-refractivity contribution < 1.29 is 18.0 Å². The van der Waals surface area contributed by atoms with Crippen molar-refractivity contribution in [1.82, 2.24) is 5.06 Å². The van der Waals surface area contributed by atoms with Crippen LogP contribution >= 0.6 is 0 Å². The van der Waals surface area contributed by atoms with Crippen molar-refractivity contribution in [2.24, 2.45) is 0 Å². The molecule has 7 heteroatoms. The summed E-state index contributed by atoms with van der Waals surface area (Å²) in [5.74, 6) is -0.370. The molecule has 6 nitrogen and oxygen atoms in total. The van der Waals surface area contributed by atoms with Gasteiger partial charge in [0.2, 0.25) is 0 Å². The summed E-state index contributed by atoms with van der Waals surface area (Å²) in [6.45, 7) is 3.57. The second-order valence-corrected chi connectivity index (χ2v) is 7.09. The maximum atomic E-state index is 12.6. The number of hydrogen-bond acceptors (Lipinski definition) is 4. The summed E-state index contributed by atoms with van der Waals surface area (Å²) < 4.78 is 27.7. The van der Waals surface area contributed by atoms with Crippen molar-refractivity contribution in [2.45, 2.75) is 18.7 Å². The van der Waals surface area contributed by atoms with Gasteiger partial charge in [-0.15, -0.1) is 0 Å². The van der Waals surface area contributed by atoms with Crippen molar-refractivity contribution >= 4 is 21.6 Å². The number of amides is 1. The Hall–Kier alpha value is -2.38. The fourth-order valence-corrected chi connectivity index (χ4v) is 3.57.